The summed E-state index contributed by atoms with van der Waals surface area (Å²) in [6, 6.07) is 15.2. The molecule has 0 amide bonds. The zero-order valence-corrected chi connectivity index (χ0v) is 12.0. The lowest BCUT2D eigenvalue weighted by molar-refractivity contribution is 0.333. The minimum Gasteiger partial charge on any atom is -0.492 e. The Kier molecular flexibility index (Phi) is 4.17. The average molecular weight is 300 g/mol. The van der Waals surface area contributed by atoms with Gasteiger partial charge in [-0.3, -0.25) is 0 Å². The third-order valence-electron chi connectivity index (χ3n) is 3.00. The predicted octanol–water partition coefficient (Wildman–Crippen LogP) is 3.77. The molecule has 0 atom stereocenters. The van der Waals surface area contributed by atoms with E-state index in [9.17, 15) is 0 Å². The largest absolute Gasteiger partial charge is 0.492 e. The van der Waals surface area contributed by atoms with E-state index in [1.165, 1.54) is 0 Å². The van der Waals surface area contributed by atoms with Gasteiger partial charge in [0.25, 0.3) is 0 Å². The van der Waals surface area contributed by atoms with E-state index in [0.29, 0.717) is 18.2 Å². The summed E-state index contributed by atoms with van der Waals surface area (Å²) in [5, 5.41) is 4.93. The minimum atomic E-state index is 0.526. The van der Waals surface area contributed by atoms with Crippen molar-refractivity contribution in [2.45, 2.75) is 0 Å². The molecule has 3 rings (SSSR count). The van der Waals surface area contributed by atoms with Gasteiger partial charge in [0.15, 0.2) is 0 Å². The number of ether oxygens (including phenoxy) is 1. The Hall–Kier alpha value is -2.33. The molecule has 0 radical (unpaired) electrons. The molecule has 0 saturated carbocycles. The van der Waals surface area contributed by atoms with Crippen molar-refractivity contribution < 1.29 is 4.74 Å². The van der Waals surface area contributed by atoms with Gasteiger partial charge in [-0.25, -0.2) is 9.97 Å². The molecule has 106 valence electrons. The van der Waals surface area contributed by atoms with Crippen molar-refractivity contribution in [1.29, 1.82) is 0 Å². The van der Waals surface area contributed by atoms with Crippen LogP contribution >= 0.6 is 11.6 Å². The Morgan fingerprint density at radius 2 is 1.95 bits per heavy atom. The third kappa shape index (κ3) is 3.41. The quantitative estimate of drug-likeness (QED) is 0.728. The van der Waals surface area contributed by atoms with Crippen LogP contribution in [0.2, 0.25) is 5.02 Å². The highest BCUT2D eigenvalue weighted by molar-refractivity contribution is 6.30. The number of halogens is 1. The number of hydrogen-bond acceptors (Lipinski definition) is 4. The second-order valence-corrected chi connectivity index (χ2v) is 4.91. The van der Waals surface area contributed by atoms with E-state index < -0.39 is 0 Å². The van der Waals surface area contributed by atoms with Crippen LogP contribution in [0.5, 0.6) is 5.75 Å². The van der Waals surface area contributed by atoms with Gasteiger partial charge in [0.2, 0.25) is 0 Å². The number of benzene rings is 2. The molecule has 3 aromatic rings. The summed E-state index contributed by atoms with van der Waals surface area (Å²) in [6.07, 6.45) is 1.56. The normalized spacial score (nSPS) is 10.5. The summed E-state index contributed by atoms with van der Waals surface area (Å²) in [7, 11) is 0. The minimum absolute atomic E-state index is 0.526. The fourth-order valence-electron chi connectivity index (χ4n) is 2.04. The second-order valence-electron chi connectivity index (χ2n) is 4.47. The zero-order chi connectivity index (χ0) is 14.5. The SMILES string of the molecule is Clc1cccc(OCCNc2ncnc3ccccc23)c1. The maximum Gasteiger partial charge on any atom is 0.137 e. The van der Waals surface area contributed by atoms with Gasteiger partial charge < -0.3 is 10.1 Å². The predicted molar refractivity (Wildman–Crippen MR) is 85.0 cm³/mol. The molecule has 1 aromatic heterocycles. The van der Waals surface area contributed by atoms with Gasteiger partial charge in [0, 0.05) is 10.4 Å². The van der Waals surface area contributed by atoms with E-state index in [4.69, 9.17) is 16.3 Å². The number of anilines is 1. The number of para-hydroxylation sites is 1. The van der Waals surface area contributed by atoms with Gasteiger partial charge in [0.1, 0.15) is 24.5 Å². The molecular weight excluding hydrogens is 286 g/mol. The molecule has 0 bridgehead atoms. The van der Waals surface area contributed by atoms with Crippen LogP contribution in [-0.2, 0) is 0 Å². The number of fused-ring (bicyclic) bond motifs is 1. The second kappa shape index (κ2) is 6.41. The van der Waals surface area contributed by atoms with Gasteiger partial charge >= 0.3 is 0 Å². The van der Waals surface area contributed by atoms with Gasteiger partial charge in [-0.2, -0.15) is 0 Å². The van der Waals surface area contributed by atoms with Crippen LogP contribution in [0.25, 0.3) is 10.9 Å². The van der Waals surface area contributed by atoms with E-state index in [2.05, 4.69) is 15.3 Å². The Morgan fingerprint density at radius 3 is 2.86 bits per heavy atom. The first-order valence-corrected chi connectivity index (χ1v) is 7.03. The van der Waals surface area contributed by atoms with Crippen molar-refractivity contribution in [3.63, 3.8) is 0 Å². The maximum atomic E-state index is 5.91. The Morgan fingerprint density at radius 1 is 1.05 bits per heavy atom. The third-order valence-corrected chi connectivity index (χ3v) is 3.24. The van der Waals surface area contributed by atoms with Crippen molar-refractivity contribution in [3.05, 3.63) is 59.9 Å². The molecule has 21 heavy (non-hydrogen) atoms. The lowest BCUT2D eigenvalue weighted by Crippen LogP contribution is -2.12. The van der Waals surface area contributed by atoms with Gasteiger partial charge in [0.05, 0.1) is 12.1 Å². The smallest absolute Gasteiger partial charge is 0.137 e. The molecule has 2 aromatic carbocycles. The topological polar surface area (TPSA) is 47.0 Å². The van der Waals surface area contributed by atoms with E-state index in [1.807, 2.05) is 42.5 Å². The van der Waals surface area contributed by atoms with Crippen LogP contribution < -0.4 is 10.1 Å². The first kappa shape index (κ1) is 13.6. The monoisotopic (exact) mass is 299 g/mol. The lowest BCUT2D eigenvalue weighted by Gasteiger charge is -2.09. The summed E-state index contributed by atoms with van der Waals surface area (Å²) < 4.78 is 5.63. The molecule has 0 saturated heterocycles. The number of rotatable bonds is 5. The van der Waals surface area contributed by atoms with Crippen molar-refractivity contribution >= 4 is 28.3 Å². The fourth-order valence-corrected chi connectivity index (χ4v) is 2.22. The molecule has 0 spiro atoms. The Bertz CT molecular complexity index is 743. The maximum absolute atomic E-state index is 5.91. The van der Waals surface area contributed by atoms with Crippen LogP contribution in [0.1, 0.15) is 0 Å². The van der Waals surface area contributed by atoms with E-state index in [-0.39, 0.29) is 0 Å². The first-order chi connectivity index (χ1) is 10.3. The summed E-state index contributed by atoms with van der Waals surface area (Å²) in [4.78, 5) is 8.50. The van der Waals surface area contributed by atoms with Gasteiger partial charge in [-0.1, -0.05) is 29.8 Å². The van der Waals surface area contributed by atoms with E-state index in [1.54, 1.807) is 12.4 Å². The van der Waals surface area contributed by atoms with E-state index in [0.717, 1.165) is 22.5 Å². The van der Waals surface area contributed by atoms with Crippen LogP contribution in [0.4, 0.5) is 5.82 Å². The zero-order valence-electron chi connectivity index (χ0n) is 11.3. The summed E-state index contributed by atoms with van der Waals surface area (Å²) in [5.74, 6) is 1.58. The van der Waals surface area contributed by atoms with Crippen molar-refractivity contribution in [2.75, 3.05) is 18.5 Å². The van der Waals surface area contributed by atoms with Crippen molar-refractivity contribution in [3.8, 4) is 5.75 Å². The molecule has 1 heterocycles. The molecule has 1 N–H and O–H groups in total. The highest BCUT2D eigenvalue weighted by Crippen LogP contribution is 2.19. The van der Waals surface area contributed by atoms with Gasteiger partial charge in [-0.15, -0.1) is 0 Å². The van der Waals surface area contributed by atoms with Crippen LogP contribution in [-0.4, -0.2) is 23.1 Å². The Labute approximate surface area is 127 Å². The number of nitrogens with zero attached hydrogens (tertiary/aromatic N) is 2. The summed E-state index contributed by atoms with van der Waals surface area (Å²) >= 11 is 5.91. The Balaban J connectivity index is 1.60. The van der Waals surface area contributed by atoms with Crippen LogP contribution in [0, 0.1) is 0 Å². The van der Waals surface area contributed by atoms with Crippen molar-refractivity contribution in [1.82, 2.24) is 9.97 Å². The molecule has 4 nitrogen and oxygen atoms in total. The highest BCUT2D eigenvalue weighted by atomic mass is 35.5. The molecule has 0 aliphatic carbocycles. The number of hydrogen-bond donors (Lipinski definition) is 1. The highest BCUT2D eigenvalue weighted by Gasteiger charge is 2.02. The standard InChI is InChI=1S/C16H14ClN3O/c17-12-4-3-5-13(10-12)21-9-8-18-16-14-6-1-2-7-15(14)19-11-20-16/h1-7,10-11H,8-9H2,(H,18,19,20). The lowest BCUT2D eigenvalue weighted by atomic mass is 10.2. The molecule has 0 unspecified atom stereocenters. The average Bonchev–Trinajstić information content (AvgIpc) is 2.52. The first-order valence-electron chi connectivity index (χ1n) is 6.65. The summed E-state index contributed by atoms with van der Waals surface area (Å²) in [5.41, 5.74) is 0.922. The van der Waals surface area contributed by atoms with Crippen molar-refractivity contribution in [2.24, 2.45) is 0 Å². The molecule has 5 heteroatoms. The molecule has 0 fully saturated rings. The molecule has 0 aliphatic heterocycles. The molecule has 0 aliphatic rings. The number of aromatic nitrogens is 2. The van der Waals surface area contributed by atoms with Crippen LogP contribution in [0.15, 0.2) is 54.9 Å². The number of nitrogens with one attached hydrogen (secondary N) is 1. The van der Waals surface area contributed by atoms with Crippen LogP contribution in [0.3, 0.4) is 0 Å². The fraction of sp³-hybridized carbons (Fsp3) is 0.125. The van der Waals surface area contributed by atoms with Gasteiger partial charge in [-0.05, 0) is 30.3 Å². The molecular formula is C16H14ClN3O. The van der Waals surface area contributed by atoms with E-state index >= 15 is 0 Å². The summed E-state index contributed by atoms with van der Waals surface area (Å²) in [6.45, 7) is 1.17.